The molecule has 1 unspecified atom stereocenters. The Balaban J connectivity index is 2.30. The first-order valence-electron chi connectivity index (χ1n) is 4.61. The molecule has 2 N–H and O–H groups in total. The molecule has 0 spiro atoms. The van der Waals surface area contributed by atoms with Crippen molar-refractivity contribution in [3.05, 3.63) is 58.8 Å². The Morgan fingerprint density at radius 2 is 1.87 bits per heavy atom. The quantitative estimate of drug-likeness (QED) is 0.788. The Morgan fingerprint density at radius 1 is 1.20 bits per heavy atom. The topological polar surface area (TPSA) is 43.1 Å². The van der Waals surface area contributed by atoms with Gasteiger partial charge in [-0.25, -0.2) is 0 Å². The second-order valence-electron chi connectivity index (χ2n) is 3.44. The summed E-state index contributed by atoms with van der Waals surface area (Å²) in [6, 6.07) is 7.26. The van der Waals surface area contributed by atoms with Crippen molar-refractivity contribution >= 4 is 17.4 Å². The highest BCUT2D eigenvalue weighted by molar-refractivity contribution is 6.30. The molecule has 0 saturated carbocycles. The van der Waals surface area contributed by atoms with Gasteiger partial charge in [-0.3, -0.25) is 4.79 Å². The summed E-state index contributed by atoms with van der Waals surface area (Å²) in [5, 5.41) is 0.668. The van der Waals surface area contributed by atoms with Crippen LogP contribution in [-0.2, 0) is 4.79 Å². The van der Waals surface area contributed by atoms with Crippen molar-refractivity contribution in [2.75, 3.05) is 0 Å². The number of allylic oxidation sites excluding steroid dienone is 3. The highest BCUT2D eigenvalue weighted by Gasteiger charge is 2.18. The summed E-state index contributed by atoms with van der Waals surface area (Å²) in [6.45, 7) is 0. The first kappa shape index (κ1) is 9.99. The number of ketones is 1. The number of nitrogens with two attached hydrogens (primary N) is 1. The summed E-state index contributed by atoms with van der Waals surface area (Å²) in [4.78, 5) is 11.6. The Bertz CT molecular complexity index is 445. The van der Waals surface area contributed by atoms with Crippen LogP contribution in [0.1, 0.15) is 11.5 Å². The maximum atomic E-state index is 11.6. The lowest BCUT2D eigenvalue weighted by atomic mass is 9.91. The van der Waals surface area contributed by atoms with E-state index in [-0.39, 0.29) is 11.7 Å². The summed E-state index contributed by atoms with van der Waals surface area (Å²) < 4.78 is 0. The predicted octanol–water partition coefficient (Wildman–Crippen LogP) is 2.41. The van der Waals surface area contributed by atoms with Crippen LogP contribution < -0.4 is 5.73 Å². The van der Waals surface area contributed by atoms with E-state index in [2.05, 4.69) is 0 Å². The summed E-state index contributed by atoms with van der Waals surface area (Å²) in [5.74, 6) is -0.216. The minimum atomic E-state index is -0.227. The molecule has 0 fully saturated rings. The fourth-order valence-corrected chi connectivity index (χ4v) is 1.68. The number of carbonyl (C=O) groups is 1. The fourth-order valence-electron chi connectivity index (χ4n) is 1.55. The zero-order valence-corrected chi connectivity index (χ0v) is 8.74. The zero-order chi connectivity index (χ0) is 10.8. The van der Waals surface area contributed by atoms with Crippen LogP contribution in [0, 0.1) is 0 Å². The van der Waals surface area contributed by atoms with Crippen LogP contribution >= 0.6 is 11.6 Å². The van der Waals surface area contributed by atoms with Gasteiger partial charge in [0.1, 0.15) is 0 Å². The highest BCUT2D eigenvalue weighted by atomic mass is 35.5. The largest absolute Gasteiger partial charge is 0.399 e. The maximum absolute atomic E-state index is 11.6. The zero-order valence-electron chi connectivity index (χ0n) is 7.98. The summed E-state index contributed by atoms with van der Waals surface area (Å²) in [6.07, 6.45) is 5.01. The third-order valence-corrected chi connectivity index (χ3v) is 2.58. The van der Waals surface area contributed by atoms with Crippen LogP contribution in [0.15, 0.2) is 48.2 Å². The van der Waals surface area contributed by atoms with Crippen LogP contribution in [0.2, 0.25) is 5.02 Å². The molecule has 0 saturated heterocycles. The summed E-state index contributed by atoms with van der Waals surface area (Å²) in [5.41, 5.74) is 6.96. The van der Waals surface area contributed by atoms with Crippen molar-refractivity contribution in [3.8, 4) is 0 Å². The third kappa shape index (κ3) is 2.10. The maximum Gasteiger partial charge on any atom is 0.168 e. The van der Waals surface area contributed by atoms with Crippen LogP contribution in [-0.4, -0.2) is 5.78 Å². The van der Waals surface area contributed by atoms with Gasteiger partial charge < -0.3 is 5.73 Å². The van der Waals surface area contributed by atoms with E-state index in [0.717, 1.165) is 5.56 Å². The SMILES string of the molecule is NC1=CC(=O)C(c2ccc(Cl)cc2)C=C1. The number of hydrogen-bond donors (Lipinski definition) is 1. The van der Waals surface area contributed by atoms with Gasteiger partial charge in [0.25, 0.3) is 0 Å². The van der Waals surface area contributed by atoms with Crippen molar-refractivity contribution in [3.63, 3.8) is 0 Å². The van der Waals surface area contributed by atoms with Crippen molar-refractivity contribution < 1.29 is 4.79 Å². The van der Waals surface area contributed by atoms with E-state index in [0.29, 0.717) is 10.7 Å². The number of halogens is 1. The average molecular weight is 220 g/mol. The first-order valence-corrected chi connectivity index (χ1v) is 4.99. The second kappa shape index (κ2) is 3.91. The second-order valence-corrected chi connectivity index (χ2v) is 3.87. The molecule has 0 radical (unpaired) electrons. The van der Waals surface area contributed by atoms with Gasteiger partial charge in [0, 0.05) is 16.8 Å². The van der Waals surface area contributed by atoms with E-state index < -0.39 is 0 Å². The molecule has 0 aromatic heterocycles. The molecular weight excluding hydrogens is 210 g/mol. The predicted molar refractivity (Wildman–Crippen MR) is 60.6 cm³/mol. The van der Waals surface area contributed by atoms with E-state index in [9.17, 15) is 4.79 Å². The third-order valence-electron chi connectivity index (χ3n) is 2.33. The van der Waals surface area contributed by atoms with E-state index in [4.69, 9.17) is 17.3 Å². The molecule has 1 aliphatic rings. The molecule has 0 amide bonds. The normalized spacial score (nSPS) is 20.2. The van der Waals surface area contributed by atoms with E-state index in [1.165, 1.54) is 6.08 Å². The van der Waals surface area contributed by atoms with Crippen molar-refractivity contribution in [1.82, 2.24) is 0 Å². The fraction of sp³-hybridized carbons (Fsp3) is 0.0833. The van der Waals surface area contributed by atoms with Crippen LogP contribution in [0.3, 0.4) is 0 Å². The molecule has 0 heterocycles. The number of hydrogen-bond acceptors (Lipinski definition) is 2. The smallest absolute Gasteiger partial charge is 0.168 e. The Labute approximate surface area is 93.0 Å². The molecule has 1 aliphatic carbocycles. The number of rotatable bonds is 1. The molecule has 2 rings (SSSR count). The van der Waals surface area contributed by atoms with Gasteiger partial charge in [0.2, 0.25) is 0 Å². The molecule has 0 bridgehead atoms. The van der Waals surface area contributed by atoms with Crippen molar-refractivity contribution in [1.29, 1.82) is 0 Å². The van der Waals surface area contributed by atoms with Crippen LogP contribution in [0.4, 0.5) is 0 Å². The molecule has 1 atom stereocenters. The van der Waals surface area contributed by atoms with Crippen LogP contribution in [0.25, 0.3) is 0 Å². The lowest BCUT2D eigenvalue weighted by molar-refractivity contribution is -0.115. The summed E-state index contributed by atoms with van der Waals surface area (Å²) >= 11 is 5.78. The number of benzene rings is 1. The molecule has 1 aromatic carbocycles. The molecular formula is C12H10ClNO. The van der Waals surface area contributed by atoms with Gasteiger partial charge in [-0.15, -0.1) is 0 Å². The van der Waals surface area contributed by atoms with Crippen molar-refractivity contribution in [2.45, 2.75) is 5.92 Å². The van der Waals surface area contributed by atoms with Gasteiger partial charge in [-0.1, -0.05) is 29.8 Å². The van der Waals surface area contributed by atoms with Gasteiger partial charge in [0.15, 0.2) is 5.78 Å². The van der Waals surface area contributed by atoms with Gasteiger partial charge in [0.05, 0.1) is 5.92 Å². The highest BCUT2D eigenvalue weighted by Crippen LogP contribution is 2.24. The molecule has 0 aliphatic heterocycles. The van der Waals surface area contributed by atoms with E-state index in [1.807, 2.05) is 12.1 Å². The molecule has 3 heteroatoms. The number of carbonyl (C=O) groups excluding carboxylic acids is 1. The molecule has 1 aromatic rings. The minimum Gasteiger partial charge on any atom is -0.399 e. The molecule has 76 valence electrons. The minimum absolute atomic E-state index is 0.0114. The van der Waals surface area contributed by atoms with Crippen LogP contribution in [0.5, 0.6) is 0 Å². The van der Waals surface area contributed by atoms with Gasteiger partial charge >= 0.3 is 0 Å². The standard InChI is InChI=1S/C12H10ClNO/c13-9-3-1-8(2-4-9)11-6-5-10(14)7-12(11)15/h1-7,11H,14H2. The lowest BCUT2D eigenvalue weighted by Gasteiger charge is -2.13. The van der Waals surface area contributed by atoms with Gasteiger partial charge in [-0.05, 0) is 23.8 Å². The van der Waals surface area contributed by atoms with Gasteiger partial charge in [-0.2, -0.15) is 0 Å². The Morgan fingerprint density at radius 3 is 2.47 bits per heavy atom. The van der Waals surface area contributed by atoms with Crippen molar-refractivity contribution in [2.24, 2.45) is 5.73 Å². The molecule has 15 heavy (non-hydrogen) atoms. The first-order chi connectivity index (χ1) is 7.16. The van der Waals surface area contributed by atoms with E-state index in [1.54, 1.807) is 24.3 Å². The summed E-state index contributed by atoms with van der Waals surface area (Å²) in [7, 11) is 0. The van der Waals surface area contributed by atoms with E-state index >= 15 is 0 Å². The Kier molecular flexibility index (Phi) is 2.60. The Hall–Kier alpha value is -1.54. The average Bonchev–Trinajstić information content (AvgIpc) is 2.20. The molecule has 2 nitrogen and oxygen atoms in total. The lowest BCUT2D eigenvalue weighted by Crippen LogP contribution is -2.13. The monoisotopic (exact) mass is 219 g/mol.